The van der Waals surface area contributed by atoms with E-state index in [4.69, 9.17) is 0 Å². The highest BCUT2D eigenvalue weighted by atomic mass is 15.2. The summed E-state index contributed by atoms with van der Waals surface area (Å²) in [6.07, 6.45) is 16.6. The summed E-state index contributed by atoms with van der Waals surface area (Å²) in [6, 6.07) is 56.3. The average Bonchev–Trinajstić information content (AvgIpc) is 3.62. The maximum Gasteiger partial charge on any atom is 0.0577 e. The third-order valence-electron chi connectivity index (χ3n) is 12.6. The van der Waals surface area contributed by atoms with E-state index in [2.05, 4.69) is 225 Å². The van der Waals surface area contributed by atoms with Crippen LogP contribution in [0.3, 0.4) is 0 Å². The van der Waals surface area contributed by atoms with Crippen LogP contribution in [-0.4, -0.2) is 12.1 Å². The second kappa shape index (κ2) is 12.5. The number of para-hydroxylation sites is 1. The van der Waals surface area contributed by atoms with Crippen LogP contribution in [0.2, 0.25) is 0 Å². The van der Waals surface area contributed by atoms with Gasteiger partial charge in [-0.15, -0.1) is 0 Å². The first kappa shape index (κ1) is 32.5. The second-order valence-electron chi connectivity index (χ2n) is 16.0. The van der Waals surface area contributed by atoms with Crippen LogP contribution in [0.25, 0.3) is 27.8 Å². The van der Waals surface area contributed by atoms with Gasteiger partial charge in [0.2, 0.25) is 0 Å². The van der Waals surface area contributed by atoms with Crippen molar-refractivity contribution in [1.29, 1.82) is 0 Å². The van der Waals surface area contributed by atoms with Gasteiger partial charge < -0.3 is 9.80 Å². The predicted octanol–water partition coefficient (Wildman–Crippen LogP) is 13.1. The van der Waals surface area contributed by atoms with Crippen molar-refractivity contribution in [3.63, 3.8) is 0 Å². The lowest BCUT2D eigenvalue weighted by Crippen LogP contribution is -2.39. The van der Waals surface area contributed by atoms with Crippen LogP contribution in [0.1, 0.15) is 37.5 Å². The van der Waals surface area contributed by atoms with Crippen LogP contribution in [-0.2, 0) is 5.41 Å². The van der Waals surface area contributed by atoms with E-state index in [1.807, 2.05) is 0 Å². The summed E-state index contributed by atoms with van der Waals surface area (Å²) in [7, 11) is 0. The molecule has 4 unspecified atom stereocenters. The van der Waals surface area contributed by atoms with Gasteiger partial charge in [0.05, 0.1) is 12.1 Å². The SMILES string of the molecule is CC1(C)c2ccccc2-c2ccc(N(c3ccc(C4=CC5(C)C6C=CC=CC6N(c6ccccc6)C5C=C4)cc3)c3cccc(-c4ccccc4)c3)cc21. The van der Waals surface area contributed by atoms with Crippen LogP contribution in [0.4, 0.5) is 22.7 Å². The molecule has 1 heterocycles. The molecular weight excluding hydrogens is 653 g/mol. The first-order valence-corrected chi connectivity index (χ1v) is 19.3. The number of hydrogen-bond donors (Lipinski definition) is 0. The predicted molar refractivity (Wildman–Crippen MR) is 228 cm³/mol. The zero-order valence-corrected chi connectivity index (χ0v) is 31.1. The Bertz CT molecular complexity index is 2500. The van der Waals surface area contributed by atoms with E-state index in [-0.39, 0.29) is 16.9 Å². The quantitative estimate of drug-likeness (QED) is 0.171. The lowest BCUT2D eigenvalue weighted by atomic mass is 9.68. The van der Waals surface area contributed by atoms with Gasteiger partial charge in [0.15, 0.2) is 0 Å². The lowest BCUT2D eigenvalue weighted by Gasteiger charge is -2.37. The summed E-state index contributed by atoms with van der Waals surface area (Å²) in [5, 5.41) is 0. The summed E-state index contributed by atoms with van der Waals surface area (Å²) in [5.41, 5.74) is 15.0. The molecule has 262 valence electrons. The summed E-state index contributed by atoms with van der Waals surface area (Å²) in [6.45, 7) is 7.17. The van der Waals surface area contributed by atoms with Gasteiger partial charge in [-0.1, -0.05) is 166 Å². The van der Waals surface area contributed by atoms with Crippen LogP contribution in [0.5, 0.6) is 0 Å². The number of rotatable bonds is 6. The molecule has 1 saturated heterocycles. The first-order chi connectivity index (χ1) is 26.4. The molecule has 10 rings (SSSR count). The summed E-state index contributed by atoms with van der Waals surface area (Å²) in [5.74, 6) is 0.384. The molecule has 6 aromatic rings. The molecular formula is C52H44N2. The molecule has 4 aliphatic rings. The molecule has 6 aromatic carbocycles. The first-order valence-electron chi connectivity index (χ1n) is 19.3. The molecule has 0 saturated carbocycles. The van der Waals surface area contributed by atoms with E-state index in [1.54, 1.807) is 0 Å². The Morgan fingerprint density at radius 2 is 1.19 bits per heavy atom. The number of nitrogens with zero attached hydrogens (tertiary/aromatic N) is 2. The number of hydrogen-bond acceptors (Lipinski definition) is 2. The fourth-order valence-corrected chi connectivity index (χ4v) is 9.83. The molecule has 2 nitrogen and oxygen atoms in total. The van der Waals surface area contributed by atoms with Gasteiger partial charge in [0.1, 0.15) is 0 Å². The highest BCUT2D eigenvalue weighted by molar-refractivity contribution is 5.87. The average molecular weight is 697 g/mol. The maximum absolute atomic E-state index is 2.62. The molecule has 0 bridgehead atoms. The Labute approximate surface area is 319 Å². The third-order valence-corrected chi connectivity index (χ3v) is 12.6. The smallest absolute Gasteiger partial charge is 0.0577 e. The second-order valence-corrected chi connectivity index (χ2v) is 16.0. The van der Waals surface area contributed by atoms with Crippen molar-refractivity contribution in [2.24, 2.45) is 11.3 Å². The molecule has 54 heavy (non-hydrogen) atoms. The van der Waals surface area contributed by atoms with E-state index in [1.165, 1.54) is 50.2 Å². The Morgan fingerprint density at radius 3 is 2.00 bits per heavy atom. The van der Waals surface area contributed by atoms with Crippen molar-refractivity contribution in [2.45, 2.75) is 38.3 Å². The minimum absolute atomic E-state index is 0.0523. The Kier molecular flexibility index (Phi) is 7.52. The molecule has 0 aromatic heterocycles. The molecule has 1 aliphatic heterocycles. The molecule has 3 aliphatic carbocycles. The Morgan fingerprint density at radius 1 is 0.519 bits per heavy atom. The number of benzene rings is 6. The topological polar surface area (TPSA) is 6.48 Å². The molecule has 0 spiro atoms. The van der Waals surface area contributed by atoms with Crippen LogP contribution >= 0.6 is 0 Å². The van der Waals surface area contributed by atoms with Gasteiger partial charge in [-0.3, -0.25) is 0 Å². The van der Waals surface area contributed by atoms with E-state index >= 15 is 0 Å². The Balaban J connectivity index is 1.04. The zero-order chi connectivity index (χ0) is 36.4. The van der Waals surface area contributed by atoms with Crippen molar-refractivity contribution in [1.82, 2.24) is 0 Å². The van der Waals surface area contributed by atoms with Crippen molar-refractivity contribution < 1.29 is 0 Å². The highest BCUT2D eigenvalue weighted by Crippen LogP contribution is 2.54. The van der Waals surface area contributed by atoms with Gasteiger partial charge >= 0.3 is 0 Å². The standard InChI is InChI=1S/C52H44N2/c1-51(2)46-22-11-10-21-44(46)45-31-30-43(34-48(45)51)53(42-20-14-17-38(33-42)36-15-6-4-7-16-36)41-28-25-37(26-29-41)39-27-32-50-52(3,35-39)47-23-12-13-24-49(47)54(50)40-18-8-5-9-19-40/h4-35,47,49-50H,1-3H3. The Hall–Kier alpha value is -6.12. The summed E-state index contributed by atoms with van der Waals surface area (Å²) in [4.78, 5) is 5.05. The van der Waals surface area contributed by atoms with Gasteiger partial charge in [0, 0.05) is 39.5 Å². The monoisotopic (exact) mass is 696 g/mol. The third kappa shape index (κ3) is 5.08. The van der Waals surface area contributed by atoms with Crippen LogP contribution in [0.15, 0.2) is 194 Å². The van der Waals surface area contributed by atoms with E-state index < -0.39 is 0 Å². The van der Waals surface area contributed by atoms with Gasteiger partial charge in [-0.05, 0) is 93.0 Å². The number of anilines is 4. The largest absolute Gasteiger partial charge is 0.357 e. The lowest BCUT2D eigenvalue weighted by molar-refractivity contribution is 0.345. The molecule has 0 N–H and O–H groups in total. The summed E-state index contributed by atoms with van der Waals surface area (Å²) < 4.78 is 0. The number of fused-ring (bicyclic) bond motifs is 6. The molecule has 1 fully saturated rings. The van der Waals surface area contributed by atoms with Crippen LogP contribution < -0.4 is 9.80 Å². The van der Waals surface area contributed by atoms with Gasteiger partial charge in [-0.2, -0.15) is 0 Å². The fourth-order valence-electron chi connectivity index (χ4n) is 9.83. The van der Waals surface area contributed by atoms with Crippen molar-refractivity contribution in [2.75, 3.05) is 9.80 Å². The van der Waals surface area contributed by atoms with Gasteiger partial charge in [-0.25, -0.2) is 0 Å². The highest BCUT2D eigenvalue weighted by Gasteiger charge is 2.54. The molecule has 0 amide bonds. The van der Waals surface area contributed by atoms with E-state index in [0.29, 0.717) is 12.0 Å². The zero-order valence-electron chi connectivity index (χ0n) is 31.1. The normalized spacial score (nSPS) is 22.6. The van der Waals surface area contributed by atoms with E-state index in [9.17, 15) is 0 Å². The van der Waals surface area contributed by atoms with Crippen molar-refractivity contribution >= 4 is 28.3 Å². The van der Waals surface area contributed by atoms with Crippen molar-refractivity contribution in [3.05, 3.63) is 211 Å². The number of allylic oxidation sites excluding steroid dienone is 4. The molecule has 0 radical (unpaired) electrons. The van der Waals surface area contributed by atoms with Crippen molar-refractivity contribution in [3.8, 4) is 22.3 Å². The minimum atomic E-state index is -0.0875. The van der Waals surface area contributed by atoms with E-state index in [0.717, 1.165) is 17.1 Å². The molecule has 2 heteroatoms. The maximum atomic E-state index is 2.62. The van der Waals surface area contributed by atoms with Gasteiger partial charge in [0.25, 0.3) is 0 Å². The molecule has 4 atom stereocenters. The van der Waals surface area contributed by atoms with Crippen LogP contribution in [0, 0.1) is 11.3 Å². The summed E-state index contributed by atoms with van der Waals surface area (Å²) >= 11 is 0. The minimum Gasteiger partial charge on any atom is -0.357 e. The fraction of sp³-hybridized carbons (Fsp3) is 0.154.